The Morgan fingerprint density at radius 1 is 1.11 bits per heavy atom. The van der Waals surface area contributed by atoms with E-state index >= 15 is 0 Å². The number of nitrogens with zero attached hydrogens (tertiary/aromatic N) is 1. The number of carbonyl (C=O) groups is 2. The number of esters is 2. The Labute approximate surface area is 156 Å². The molecule has 0 saturated carbocycles. The van der Waals surface area contributed by atoms with Crippen molar-refractivity contribution in [3.63, 3.8) is 0 Å². The van der Waals surface area contributed by atoms with Gasteiger partial charge in [0.15, 0.2) is 5.96 Å². The van der Waals surface area contributed by atoms with Gasteiger partial charge in [0.25, 0.3) is 0 Å². The highest BCUT2D eigenvalue weighted by molar-refractivity contribution is 6.21. The van der Waals surface area contributed by atoms with E-state index < -0.39 is 11.9 Å². The maximum Gasteiger partial charge on any atom is 0.348 e. The zero-order valence-electron chi connectivity index (χ0n) is 14.9. The van der Waals surface area contributed by atoms with Crippen molar-refractivity contribution >= 4 is 29.2 Å². The van der Waals surface area contributed by atoms with Crippen molar-refractivity contribution in [2.45, 2.75) is 6.92 Å². The number of rotatable bonds is 4. The number of aliphatic imine (C=N–C) groups is 1. The molecular formula is C20H20N4O3. The molecule has 3 rings (SSSR count). The lowest BCUT2D eigenvalue weighted by atomic mass is 10.0. The predicted octanol–water partition coefficient (Wildman–Crippen LogP) is 2.13. The summed E-state index contributed by atoms with van der Waals surface area (Å²) in [5.74, 6) is -0.893. The van der Waals surface area contributed by atoms with Gasteiger partial charge >= 0.3 is 11.9 Å². The molecule has 0 spiro atoms. The molecular weight excluding hydrogens is 344 g/mol. The first-order chi connectivity index (χ1) is 13.0. The van der Waals surface area contributed by atoms with E-state index in [9.17, 15) is 9.59 Å². The summed E-state index contributed by atoms with van der Waals surface area (Å²) < 4.78 is 5.05. The molecule has 0 bridgehead atoms. The Bertz CT molecular complexity index is 916. The Hall–Kier alpha value is -3.61. The van der Waals surface area contributed by atoms with E-state index in [4.69, 9.17) is 10.5 Å². The van der Waals surface area contributed by atoms with Crippen molar-refractivity contribution in [2.24, 2.45) is 10.7 Å². The largest absolute Gasteiger partial charge is 0.402 e. The Balaban J connectivity index is 1.74. The smallest absolute Gasteiger partial charge is 0.348 e. The fraction of sp³-hybridized carbons (Fsp3) is 0.150. The predicted molar refractivity (Wildman–Crippen MR) is 104 cm³/mol. The molecule has 0 atom stereocenters. The van der Waals surface area contributed by atoms with Crippen LogP contribution in [0.15, 0.2) is 65.3 Å². The third kappa shape index (κ3) is 4.52. The van der Waals surface area contributed by atoms with E-state index in [0.29, 0.717) is 23.8 Å². The van der Waals surface area contributed by atoms with E-state index in [1.807, 2.05) is 6.07 Å². The van der Waals surface area contributed by atoms with E-state index in [-0.39, 0.29) is 16.8 Å². The molecule has 7 nitrogen and oxygen atoms in total. The third-order valence-electron chi connectivity index (χ3n) is 3.88. The van der Waals surface area contributed by atoms with Crippen LogP contribution < -0.4 is 16.4 Å². The van der Waals surface area contributed by atoms with E-state index in [2.05, 4.69) is 15.6 Å². The van der Waals surface area contributed by atoms with Gasteiger partial charge in [-0.2, -0.15) is 0 Å². The molecule has 1 heterocycles. The van der Waals surface area contributed by atoms with Crippen LogP contribution in [0.1, 0.15) is 22.8 Å². The van der Waals surface area contributed by atoms with Crippen LogP contribution in [-0.2, 0) is 9.53 Å². The fourth-order valence-electron chi connectivity index (χ4n) is 2.65. The Morgan fingerprint density at radius 3 is 2.52 bits per heavy atom. The quantitative estimate of drug-likeness (QED) is 0.436. The second-order valence-electron chi connectivity index (χ2n) is 5.96. The molecule has 0 aromatic heterocycles. The van der Waals surface area contributed by atoms with Gasteiger partial charge < -0.3 is 21.1 Å². The summed E-state index contributed by atoms with van der Waals surface area (Å²) in [6.07, 6.45) is 0. The molecule has 4 N–H and O–H groups in total. The highest BCUT2D eigenvalue weighted by atomic mass is 16.6. The Morgan fingerprint density at radius 2 is 1.85 bits per heavy atom. The second kappa shape index (κ2) is 8.18. The topological polar surface area (TPSA) is 106 Å². The molecule has 0 amide bonds. The first-order valence-electron chi connectivity index (χ1n) is 8.48. The van der Waals surface area contributed by atoms with E-state index in [1.165, 1.54) is 0 Å². The lowest BCUT2D eigenvalue weighted by Crippen LogP contribution is -2.26. The van der Waals surface area contributed by atoms with Crippen LogP contribution in [0, 0.1) is 0 Å². The minimum absolute atomic E-state index is 0.169. The molecule has 1 aliphatic rings. The molecule has 0 unspecified atom stereocenters. The molecule has 2 aromatic carbocycles. The van der Waals surface area contributed by atoms with E-state index in [1.54, 1.807) is 55.5 Å². The standard InChI is InChI=1S/C20H20N4O3/c1-13(21)17(14-6-3-2-4-7-14)19(26)27-18(25)15-8-5-9-16(12-15)24-20-22-10-11-23-20/h2-9,12H,10-11,21H2,1H3,(H2,22,23,24). The van der Waals surface area contributed by atoms with Gasteiger partial charge in [0.2, 0.25) is 0 Å². The van der Waals surface area contributed by atoms with Gasteiger partial charge in [-0.1, -0.05) is 36.4 Å². The third-order valence-corrected chi connectivity index (χ3v) is 3.88. The van der Waals surface area contributed by atoms with Crippen molar-refractivity contribution < 1.29 is 14.3 Å². The number of hydrogen-bond acceptors (Lipinski definition) is 7. The summed E-state index contributed by atoms with van der Waals surface area (Å²) >= 11 is 0. The molecule has 0 saturated heterocycles. The fourth-order valence-corrected chi connectivity index (χ4v) is 2.65. The molecule has 0 fully saturated rings. The summed E-state index contributed by atoms with van der Waals surface area (Å²) in [4.78, 5) is 29.2. The van der Waals surface area contributed by atoms with Crippen LogP contribution in [0.3, 0.4) is 0 Å². The average Bonchev–Trinajstić information content (AvgIpc) is 3.15. The van der Waals surface area contributed by atoms with Crippen molar-refractivity contribution in [3.05, 3.63) is 71.4 Å². The van der Waals surface area contributed by atoms with Gasteiger partial charge in [-0.15, -0.1) is 0 Å². The number of nitrogens with one attached hydrogen (secondary N) is 2. The zero-order chi connectivity index (χ0) is 19.2. The van der Waals surface area contributed by atoms with Crippen LogP contribution in [-0.4, -0.2) is 31.0 Å². The molecule has 1 aliphatic heterocycles. The maximum absolute atomic E-state index is 12.5. The number of guanidine groups is 1. The first kappa shape index (κ1) is 18.2. The van der Waals surface area contributed by atoms with Gasteiger partial charge in [0.1, 0.15) is 0 Å². The molecule has 0 aliphatic carbocycles. The zero-order valence-corrected chi connectivity index (χ0v) is 14.9. The summed E-state index contributed by atoms with van der Waals surface area (Å²) in [6.45, 7) is 3.06. The van der Waals surface area contributed by atoms with Crippen molar-refractivity contribution in [3.8, 4) is 0 Å². The monoisotopic (exact) mass is 364 g/mol. The van der Waals surface area contributed by atoms with Crippen LogP contribution in [0.2, 0.25) is 0 Å². The first-order valence-corrected chi connectivity index (χ1v) is 8.48. The highest BCUT2D eigenvalue weighted by Crippen LogP contribution is 2.19. The number of anilines is 1. The normalized spacial score (nSPS) is 13.9. The highest BCUT2D eigenvalue weighted by Gasteiger charge is 2.20. The maximum atomic E-state index is 12.5. The second-order valence-corrected chi connectivity index (χ2v) is 5.96. The number of benzene rings is 2. The van der Waals surface area contributed by atoms with Gasteiger partial charge in [-0.05, 0) is 30.7 Å². The van der Waals surface area contributed by atoms with Gasteiger partial charge in [0.05, 0.1) is 17.7 Å². The summed E-state index contributed by atoms with van der Waals surface area (Å²) in [5.41, 5.74) is 7.79. The number of ether oxygens (including phenoxy) is 1. The van der Waals surface area contributed by atoms with Crippen molar-refractivity contribution in [2.75, 3.05) is 18.4 Å². The van der Waals surface area contributed by atoms with Crippen molar-refractivity contribution in [1.29, 1.82) is 0 Å². The van der Waals surface area contributed by atoms with Crippen LogP contribution in [0.25, 0.3) is 5.57 Å². The number of nitrogens with two attached hydrogens (primary N) is 1. The van der Waals surface area contributed by atoms with Crippen LogP contribution >= 0.6 is 0 Å². The number of hydrogen-bond donors (Lipinski definition) is 3. The summed E-state index contributed by atoms with van der Waals surface area (Å²) in [5, 5.41) is 6.15. The molecule has 27 heavy (non-hydrogen) atoms. The lowest BCUT2D eigenvalue weighted by Gasteiger charge is -2.10. The number of allylic oxidation sites excluding steroid dienone is 1. The number of carbonyl (C=O) groups excluding carboxylic acids is 2. The van der Waals surface area contributed by atoms with Gasteiger partial charge in [-0.3, -0.25) is 4.99 Å². The minimum atomic E-state index is -0.786. The molecule has 138 valence electrons. The van der Waals surface area contributed by atoms with Crippen molar-refractivity contribution in [1.82, 2.24) is 5.32 Å². The van der Waals surface area contributed by atoms with Gasteiger partial charge in [-0.25, -0.2) is 9.59 Å². The van der Waals surface area contributed by atoms with E-state index in [0.717, 1.165) is 6.54 Å². The Kier molecular flexibility index (Phi) is 5.51. The van der Waals surface area contributed by atoms with Crippen LogP contribution in [0.4, 0.5) is 5.69 Å². The minimum Gasteiger partial charge on any atom is -0.402 e. The molecule has 7 heteroatoms. The van der Waals surface area contributed by atoms with Crippen LogP contribution in [0.5, 0.6) is 0 Å². The SMILES string of the molecule is CC(N)=C(C(=O)OC(=O)c1cccc(NC2=NCCN2)c1)c1ccccc1. The molecule has 2 aromatic rings. The molecule has 0 radical (unpaired) electrons. The summed E-state index contributed by atoms with van der Waals surface area (Å²) in [7, 11) is 0. The summed E-state index contributed by atoms with van der Waals surface area (Å²) in [6, 6.07) is 15.5. The average molecular weight is 364 g/mol. The lowest BCUT2D eigenvalue weighted by molar-refractivity contribution is -0.131. The van der Waals surface area contributed by atoms with Gasteiger partial charge in [0, 0.05) is 17.9 Å².